The average Bonchev–Trinajstić information content (AvgIpc) is 2.29. The maximum absolute atomic E-state index is 11.2. The molecular weight excluding hydrogens is 224 g/mol. The van der Waals surface area contributed by atoms with Crippen molar-refractivity contribution in [1.82, 2.24) is 0 Å². The van der Waals surface area contributed by atoms with Crippen LogP contribution in [0, 0.1) is 0 Å². The van der Waals surface area contributed by atoms with Crippen molar-refractivity contribution in [2.45, 2.75) is 29.9 Å². The van der Waals surface area contributed by atoms with Crippen molar-refractivity contribution < 1.29 is 14.6 Å². The van der Waals surface area contributed by atoms with Gasteiger partial charge in [-0.05, 0) is 25.5 Å². The number of carboxylic acids is 1. The van der Waals surface area contributed by atoms with Gasteiger partial charge in [-0.2, -0.15) is 0 Å². The highest BCUT2D eigenvalue weighted by Gasteiger charge is 2.33. The van der Waals surface area contributed by atoms with Gasteiger partial charge in [-0.15, -0.1) is 11.8 Å². The van der Waals surface area contributed by atoms with Crippen LogP contribution in [0.3, 0.4) is 0 Å². The van der Waals surface area contributed by atoms with Crippen LogP contribution in [0.2, 0.25) is 0 Å². The van der Waals surface area contributed by atoms with Gasteiger partial charge < -0.3 is 9.84 Å². The zero-order valence-corrected chi connectivity index (χ0v) is 10.5. The van der Waals surface area contributed by atoms with Crippen molar-refractivity contribution in [2.75, 3.05) is 7.11 Å². The number of hydrogen-bond acceptors (Lipinski definition) is 3. The van der Waals surface area contributed by atoms with Crippen LogP contribution in [-0.4, -0.2) is 22.9 Å². The fourth-order valence-corrected chi connectivity index (χ4v) is 2.33. The van der Waals surface area contributed by atoms with Gasteiger partial charge in [0, 0.05) is 0 Å². The Bertz CT molecular complexity index is 378. The molecule has 1 aromatic rings. The summed E-state index contributed by atoms with van der Waals surface area (Å²) in [5.41, 5.74) is 0. The van der Waals surface area contributed by atoms with Gasteiger partial charge in [0.05, 0.1) is 12.0 Å². The largest absolute Gasteiger partial charge is 0.496 e. The topological polar surface area (TPSA) is 46.5 Å². The molecule has 88 valence electrons. The maximum Gasteiger partial charge on any atom is 0.319 e. The molecule has 0 aliphatic rings. The number of methoxy groups -OCH3 is 1. The molecule has 1 atom stereocenters. The molecule has 0 saturated heterocycles. The number of benzene rings is 1. The lowest BCUT2D eigenvalue weighted by atomic mass is 10.1. The third kappa shape index (κ3) is 2.70. The molecule has 4 heteroatoms. The number of carbonyl (C=O) groups is 1. The van der Waals surface area contributed by atoms with E-state index in [1.165, 1.54) is 11.8 Å². The number of carboxylic acid groups (broad SMARTS) is 1. The standard InChI is InChI=1S/C12H16O3S/c1-4-12(2,11(13)14)16-10-8-6-5-7-9(10)15-3/h5-8H,4H2,1-3H3,(H,13,14). The summed E-state index contributed by atoms with van der Waals surface area (Å²) in [6, 6.07) is 7.45. The van der Waals surface area contributed by atoms with Crippen molar-refractivity contribution in [3.8, 4) is 5.75 Å². The highest BCUT2D eigenvalue weighted by Crippen LogP contribution is 2.40. The molecule has 0 radical (unpaired) electrons. The molecule has 0 heterocycles. The van der Waals surface area contributed by atoms with Gasteiger partial charge in [0.15, 0.2) is 0 Å². The van der Waals surface area contributed by atoms with Gasteiger partial charge in [0.1, 0.15) is 10.5 Å². The molecule has 1 unspecified atom stereocenters. The molecule has 1 aromatic carbocycles. The van der Waals surface area contributed by atoms with Crippen molar-refractivity contribution in [2.24, 2.45) is 0 Å². The summed E-state index contributed by atoms with van der Waals surface area (Å²) in [5.74, 6) is -0.0840. The Morgan fingerprint density at radius 1 is 1.50 bits per heavy atom. The molecule has 0 fully saturated rings. The number of ether oxygens (including phenoxy) is 1. The minimum Gasteiger partial charge on any atom is -0.496 e. The van der Waals surface area contributed by atoms with Gasteiger partial charge in [0.25, 0.3) is 0 Å². The van der Waals surface area contributed by atoms with Crippen LogP contribution in [0.5, 0.6) is 5.75 Å². The molecular formula is C12H16O3S. The minimum absolute atomic E-state index is 0.561. The third-order valence-electron chi connectivity index (χ3n) is 2.53. The van der Waals surface area contributed by atoms with E-state index in [1.807, 2.05) is 31.2 Å². The molecule has 1 rings (SSSR count). The summed E-state index contributed by atoms with van der Waals surface area (Å²) >= 11 is 1.33. The predicted octanol–water partition coefficient (Wildman–Crippen LogP) is 3.04. The van der Waals surface area contributed by atoms with E-state index in [1.54, 1.807) is 14.0 Å². The first-order valence-electron chi connectivity index (χ1n) is 5.09. The van der Waals surface area contributed by atoms with E-state index in [2.05, 4.69) is 0 Å². The molecule has 0 amide bonds. The Morgan fingerprint density at radius 2 is 2.12 bits per heavy atom. The lowest BCUT2D eigenvalue weighted by Crippen LogP contribution is -2.30. The third-order valence-corrected chi connectivity index (χ3v) is 4.00. The second-order valence-corrected chi connectivity index (χ2v) is 5.19. The molecule has 0 aliphatic carbocycles. The van der Waals surface area contributed by atoms with E-state index in [-0.39, 0.29) is 0 Å². The SMILES string of the molecule is CCC(C)(Sc1ccccc1OC)C(=O)O. The summed E-state index contributed by atoms with van der Waals surface area (Å²) in [4.78, 5) is 12.1. The van der Waals surface area contributed by atoms with E-state index in [0.717, 1.165) is 4.90 Å². The molecule has 0 bridgehead atoms. The molecule has 0 aromatic heterocycles. The van der Waals surface area contributed by atoms with Crippen LogP contribution in [0.25, 0.3) is 0 Å². The Balaban J connectivity index is 2.98. The fourth-order valence-electron chi connectivity index (χ4n) is 1.21. The summed E-state index contributed by atoms with van der Waals surface area (Å²) in [5, 5.41) is 9.20. The quantitative estimate of drug-likeness (QED) is 0.803. The normalized spacial score (nSPS) is 14.2. The number of aliphatic carboxylic acids is 1. The summed E-state index contributed by atoms with van der Waals surface area (Å²) in [6.45, 7) is 3.60. The smallest absolute Gasteiger partial charge is 0.319 e. The molecule has 0 spiro atoms. The van der Waals surface area contributed by atoms with Gasteiger partial charge >= 0.3 is 5.97 Å². The number of rotatable bonds is 5. The van der Waals surface area contributed by atoms with E-state index >= 15 is 0 Å². The van der Waals surface area contributed by atoms with Crippen molar-refractivity contribution >= 4 is 17.7 Å². The lowest BCUT2D eigenvalue weighted by molar-refractivity contribution is -0.139. The van der Waals surface area contributed by atoms with Gasteiger partial charge in [-0.1, -0.05) is 19.1 Å². The molecule has 3 nitrogen and oxygen atoms in total. The minimum atomic E-state index is -0.811. The van der Waals surface area contributed by atoms with Crippen LogP contribution in [-0.2, 0) is 4.79 Å². The van der Waals surface area contributed by atoms with Crippen molar-refractivity contribution in [3.05, 3.63) is 24.3 Å². The zero-order chi connectivity index (χ0) is 12.2. The first kappa shape index (κ1) is 12.9. The molecule has 1 N–H and O–H groups in total. The van der Waals surface area contributed by atoms with Crippen molar-refractivity contribution in [1.29, 1.82) is 0 Å². The Kier molecular flexibility index (Phi) is 4.24. The van der Waals surface area contributed by atoms with Crippen LogP contribution >= 0.6 is 11.8 Å². The zero-order valence-electron chi connectivity index (χ0n) is 9.69. The van der Waals surface area contributed by atoms with Crippen LogP contribution in [0.4, 0.5) is 0 Å². The predicted molar refractivity (Wildman–Crippen MR) is 65.2 cm³/mol. The molecule has 0 saturated carbocycles. The second-order valence-electron chi connectivity index (χ2n) is 3.64. The Labute approximate surface area is 99.8 Å². The first-order valence-corrected chi connectivity index (χ1v) is 5.90. The summed E-state index contributed by atoms with van der Waals surface area (Å²) in [7, 11) is 1.59. The molecule has 0 aliphatic heterocycles. The number of para-hydroxylation sites is 1. The first-order chi connectivity index (χ1) is 7.53. The number of thioether (sulfide) groups is 1. The van der Waals surface area contributed by atoms with Crippen molar-refractivity contribution in [3.63, 3.8) is 0 Å². The monoisotopic (exact) mass is 240 g/mol. The number of hydrogen-bond donors (Lipinski definition) is 1. The van der Waals surface area contributed by atoms with Gasteiger partial charge in [-0.25, -0.2) is 0 Å². The summed E-state index contributed by atoms with van der Waals surface area (Å²) < 4.78 is 4.39. The summed E-state index contributed by atoms with van der Waals surface area (Å²) in [6.07, 6.45) is 0.561. The van der Waals surface area contributed by atoms with Gasteiger partial charge in [-0.3, -0.25) is 4.79 Å². The lowest BCUT2D eigenvalue weighted by Gasteiger charge is -2.23. The van der Waals surface area contributed by atoms with E-state index in [4.69, 9.17) is 4.74 Å². The van der Waals surface area contributed by atoms with Crippen LogP contribution in [0.1, 0.15) is 20.3 Å². The highest BCUT2D eigenvalue weighted by atomic mass is 32.2. The highest BCUT2D eigenvalue weighted by molar-refractivity contribution is 8.01. The van der Waals surface area contributed by atoms with Crippen LogP contribution in [0.15, 0.2) is 29.2 Å². The van der Waals surface area contributed by atoms with E-state index in [9.17, 15) is 9.90 Å². The van der Waals surface area contributed by atoms with E-state index in [0.29, 0.717) is 12.2 Å². The van der Waals surface area contributed by atoms with E-state index < -0.39 is 10.7 Å². The maximum atomic E-state index is 11.2. The second kappa shape index (κ2) is 5.25. The van der Waals surface area contributed by atoms with Crippen LogP contribution < -0.4 is 4.74 Å². The Hall–Kier alpha value is -1.16. The Morgan fingerprint density at radius 3 is 2.62 bits per heavy atom. The fraction of sp³-hybridized carbons (Fsp3) is 0.417. The molecule has 16 heavy (non-hydrogen) atoms. The average molecular weight is 240 g/mol. The van der Waals surface area contributed by atoms with Gasteiger partial charge in [0.2, 0.25) is 0 Å².